The lowest BCUT2D eigenvalue weighted by Crippen LogP contribution is -2.44. The van der Waals surface area contributed by atoms with Crippen molar-refractivity contribution in [3.05, 3.63) is 34.8 Å². The van der Waals surface area contributed by atoms with Gasteiger partial charge in [-0.1, -0.05) is 0 Å². The van der Waals surface area contributed by atoms with Crippen LogP contribution in [0.25, 0.3) is 5.52 Å². The maximum Gasteiger partial charge on any atom is 0.426 e. The Bertz CT molecular complexity index is 690. The molecule has 0 fully saturated rings. The molecular formula is C13H15BrN4O3. The number of hydrogen-bond acceptors (Lipinski definition) is 4. The van der Waals surface area contributed by atoms with E-state index in [4.69, 9.17) is 4.74 Å². The number of pyridine rings is 1. The van der Waals surface area contributed by atoms with Crippen molar-refractivity contribution in [2.45, 2.75) is 26.4 Å². The summed E-state index contributed by atoms with van der Waals surface area (Å²) in [5.41, 5.74) is 4.56. The standard InChI is InChI=1S/C13H15BrN4O3/c1-13(2,3)21-12(20)17-16-11(19)10-15-6-9-5-4-8(14)7-18(9)10/h4-7H,1-3H3,(H,16,19)(H,17,20). The van der Waals surface area contributed by atoms with Gasteiger partial charge in [-0.2, -0.15) is 0 Å². The van der Waals surface area contributed by atoms with Crippen molar-refractivity contribution >= 4 is 33.4 Å². The summed E-state index contributed by atoms with van der Waals surface area (Å²) in [5.74, 6) is -0.388. The molecule has 2 N–H and O–H groups in total. The number of hydrogen-bond donors (Lipinski definition) is 2. The Kier molecular flexibility index (Phi) is 4.17. The lowest BCUT2D eigenvalue weighted by molar-refractivity contribution is 0.0482. The van der Waals surface area contributed by atoms with Crippen LogP contribution >= 0.6 is 15.9 Å². The van der Waals surface area contributed by atoms with Gasteiger partial charge in [-0.25, -0.2) is 15.2 Å². The van der Waals surface area contributed by atoms with Crippen LogP contribution in [0, 0.1) is 0 Å². The first kappa shape index (κ1) is 15.3. The first-order chi connectivity index (χ1) is 9.76. The van der Waals surface area contributed by atoms with Crippen LogP contribution < -0.4 is 10.9 Å². The molecule has 8 heteroatoms. The molecule has 0 bridgehead atoms. The molecule has 0 unspecified atom stereocenters. The molecular weight excluding hydrogens is 340 g/mol. The van der Waals surface area contributed by atoms with Crippen LogP contribution in [0.5, 0.6) is 0 Å². The number of imidazole rings is 1. The molecule has 2 amide bonds. The Morgan fingerprint density at radius 3 is 2.67 bits per heavy atom. The summed E-state index contributed by atoms with van der Waals surface area (Å²) in [7, 11) is 0. The van der Waals surface area contributed by atoms with Gasteiger partial charge >= 0.3 is 12.0 Å². The van der Waals surface area contributed by atoms with Crippen molar-refractivity contribution in [2.75, 3.05) is 0 Å². The summed E-state index contributed by atoms with van der Waals surface area (Å²) < 4.78 is 7.43. The number of carbonyl (C=O) groups excluding carboxylic acids is 2. The zero-order valence-electron chi connectivity index (χ0n) is 11.8. The van der Waals surface area contributed by atoms with Crippen molar-refractivity contribution in [3.8, 4) is 0 Å². The van der Waals surface area contributed by atoms with Gasteiger partial charge in [0.1, 0.15) is 5.60 Å². The first-order valence-electron chi connectivity index (χ1n) is 6.18. The molecule has 2 aromatic heterocycles. The third kappa shape index (κ3) is 3.94. The van der Waals surface area contributed by atoms with Gasteiger partial charge in [0.2, 0.25) is 5.82 Å². The largest absolute Gasteiger partial charge is 0.443 e. The maximum absolute atomic E-state index is 12.0. The van der Waals surface area contributed by atoms with Crippen LogP contribution in [0.15, 0.2) is 29.0 Å². The fourth-order valence-electron chi connectivity index (χ4n) is 1.60. The monoisotopic (exact) mass is 354 g/mol. The van der Waals surface area contributed by atoms with Crippen molar-refractivity contribution in [2.24, 2.45) is 0 Å². The van der Waals surface area contributed by atoms with Crippen LogP contribution in [0.4, 0.5) is 4.79 Å². The van der Waals surface area contributed by atoms with Crippen LogP contribution in [0.1, 0.15) is 31.4 Å². The van der Waals surface area contributed by atoms with Gasteiger partial charge in [0.05, 0.1) is 11.7 Å². The van der Waals surface area contributed by atoms with E-state index in [2.05, 4.69) is 31.8 Å². The topological polar surface area (TPSA) is 84.7 Å². The minimum absolute atomic E-state index is 0.155. The molecule has 0 radical (unpaired) electrons. The highest BCUT2D eigenvalue weighted by atomic mass is 79.9. The Hall–Kier alpha value is -2.09. The van der Waals surface area contributed by atoms with Gasteiger partial charge in [0.15, 0.2) is 0 Å². The summed E-state index contributed by atoms with van der Waals surface area (Å²) in [4.78, 5) is 27.5. The van der Waals surface area contributed by atoms with E-state index in [1.807, 2.05) is 12.1 Å². The van der Waals surface area contributed by atoms with Crippen LogP contribution in [0.3, 0.4) is 0 Å². The Balaban J connectivity index is 2.06. The summed E-state index contributed by atoms with van der Waals surface area (Å²) in [6, 6.07) is 3.66. The van der Waals surface area contributed by atoms with Gasteiger partial charge in [-0.3, -0.25) is 14.6 Å². The van der Waals surface area contributed by atoms with E-state index in [1.54, 1.807) is 37.6 Å². The second-order valence-electron chi connectivity index (χ2n) is 5.31. The van der Waals surface area contributed by atoms with Crippen LogP contribution in [-0.4, -0.2) is 27.0 Å². The van der Waals surface area contributed by atoms with Crippen LogP contribution in [0.2, 0.25) is 0 Å². The lowest BCUT2D eigenvalue weighted by Gasteiger charge is -2.19. The fraction of sp³-hybridized carbons (Fsp3) is 0.308. The maximum atomic E-state index is 12.0. The van der Waals surface area contributed by atoms with Gasteiger partial charge in [-0.15, -0.1) is 0 Å². The molecule has 0 saturated carbocycles. The molecule has 0 aliphatic heterocycles. The average Bonchev–Trinajstić information content (AvgIpc) is 2.76. The number of rotatable bonds is 1. The molecule has 2 aromatic rings. The number of hydrazine groups is 1. The average molecular weight is 355 g/mol. The van der Waals surface area contributed by atoms with E-state index in [-0.39, 0.29) is 5.82 Å². The molecule has 0 atom stereocenters. The molecule has 0 spiro atoms. The molecule has 0 aliphatic rings. The zero-order chi connectivity index (χ0) is 15.6. The molecule has 7 nitrogen and oxygen atoms in total. The first-order valence-corrected chi connectivity index (χ1v) is 6.97. The quantitative estimate of drug-likeness (QED) is 0.769. The molecule has 2 heterocycles. The summed E-state index contributed by atoms with van der Waals surface area (Å²) >= 11 is 3.33. The van der Waals surface area contributed by atoms with E-state index < -0.39 is 17.6 Å². The predicted molar refractivity (Wildman–Crippen MR) is 79.7 cm³/mol. The Labute approximate surface area is 129 Å². The van der Waals surface area contributed by atoms with E-state index in [0.29, 0.717) is 0 Å². The molecule has 21 heavy (non-hydrogen) atoms. The Morgan fingerprint density at radius 1 is 1.29 bits per heavy atom. The number of carbonyl (C=O) groups is 2. The summed E-state index contributed by atoms with van der Waals surface area (Å²) in [6.45, 7) is 5.19. The Morgan fingerprint density at radius 2 is 2.00 bits per heavy atom. The second kappa shape index (κ2) is 5.72. The minimum Gasteiger partial charge on any atom is -0.443 e. The number of aromatic nitrogens is 2. The van der Waals surface area contributed by atoms with E-state index in [9.17, 15) is 9.59 Å². The fourth-order valence-corrected chi connectivity index (χ4v) is 1.94. The summed E-state index contributed by atoms with van der Waals surface area (Å²) in [5, 5.41) is 0. The lowest BCUT2D eigenvalue weighted by atomic mass is 10.2. The second-order valence-corrected chi connectivity index (χ2v) is 6.22. The number of fused-ring (bicyclic) bond motifs is 1. The highest BCUT2D eigenvalue weighted by Gasteiger charge is 2.18. The number of nitrogens with zero attached hydrogens (tertiary/aromatic N) is 2. The SMILES string of the molecule is CC(C)(C)OC(=O)NNC(=O)c1ncc2ccc(Br)cn12. The molecule has 112 valence electrons. The van der Waals surface area contributed by atoms with Crippen molar-refractivity contribution in [3.63, 3.8) is 0 Å². The number of halogens is 1. The van der Waals surface area contributed by atoms with Gasteiger partial charge in [0, 0.05) is 10.7 Å². The number of amides is 2. The predicted octanol–water partition coefficient (Wildman–Crippen LogP) is 2.27. The highest BCUT2D eigenvalue weighted by Crippen LogP contribution is 2.13. The van der Waals surface area contributed by atoms with E-state index >= 15 is 0 Å². The molecule has 0 aliphatic carbocycles. The van der Waals surface area contributed by atoms with Crippen molar-refractivity contribution in [1.29, 1.82) is 0 Å². The molecule has 2 rings (SSSR count). The number of ether oxygens (including phenoxy) is 1. The molecule has 0 saturated heterocycles. The summed E-state index contributed by atoms with van der Waals surface area (Å²) in [6.07, 6.45) is 2.54. The number of nitrogens with one attached hydrogen (secondary N) is 2. The van der Waals surface area contributed by atoms with Crippen LogP contribution in [-0.2, 0) is 4.74 Å². The van der Waals surface area contributed by atoms with E-state index in [1.165, 1.54) is 0 Å². The van der Waals surface area contributed by atoms with E-state index in [0.717, 1.165) is 9.99 Å². The third-order valence-electron chi connectivity index (χ3n) is 2.37. The zero-order valence-corrected chi connectivity index (χ0v) is 13.4. The smallest absolute Gasteiger partial charge is 0.426 e. The van der Waals surface area contributed by atoms with Crippen molar-refractivity contribution in [1.82, 2.24) is 20.2 Å². The molecule has 0 aromatic carbocycles. The van der Waals surface area contributed by atoms with Crippen molar-refractivity contribution < 1.29 is 14.3 Å². The van der Waals surface area contributed by atoms with Gasteiger partial charge in [-0.05, 0) is 48.8 Å². The third-order valence-corrected chi connectivity index (χ3v) is 2.84. The van der Waals surface area contributed by atoms with Gasteiger partial charge < -0.3 is 4.74 Å². The minimum atomic E-state index is -0.738. The van der Waals surface area contributed by atoms with Gasteiger partial charge in [0.25, 0.3) is 0 Å². The highest BCUT2D eigenvalue weighted by molar-refractivity contribution is 9.10. The normalized spacial score (nSPS) is 11.2.